The molecule has 0 unspecified atom stereocenters. The van der Waals surface area contributed by atoms with Crippen molar-refractivity contribution < 1.29 is 14.5 Å². The molecule has 7 heteroatoms. The minimum absolute atomic E-state index is 0.0630. The average Bonchev–Trinajstić information content (AvgIpc) is 2.86. The molecule has 0 aliphatic heterocycles. The number of ether oxygens (including phenoxy) is 1. The van der Waals surface area contributed by atoms with Crippen LogP contribution in [0.15, 0.2) is 36.5 Å². The molecule has 21 heavy (non-hydrogen) atoms. The molecule has 0 amide bonds. The third kappa shape index (κ3) is 3.44. The van der Waals surface area contributed by atoms with E-state index in [0.717, 1.165) is 4.68 Å². The number of nitro groups is 1. The number of rotatable bonds is 2. The Balaban J connectivity index is 2.33. The molecule has 2 rings (SSSR count). The topological polar surface area (TPSA) is 87.3 Å². The third-order valence-electron chi connectivity index (χ3n) is 2.55. The number of hydrogen-bond donors (Lipinski definition) is 0. The van der Waals surface area contributed by atoms with Gasteiger partial charge in [0.25, 0.3) is 5.69 Å². The van der Waals surface area contributed by atoms with Crippen molar-refractivity contribution in [3.8, 4) is 11.3 Å². The number of aromatic nitrogens is 2. The number of hydrogen-bond acceptors (Lipinski definition) is 5. The van der Waals surface area contributed by atoms with E-state index in [9.17, 15) is 14.9 Å². The summed E-state index contributed by atoms with van der Waals surface area (Å²) in [6, 6.07) is 7.76. The predicted molar refractivity (Wildman–Crippen MR) is 75.9 cm³/mol. The highest BCUT2D eigenvalue weighted by atomic mass is 16.6. The maximum atomic E-state index is 11.9. The molecule has 0 N–H and O–H groups in total. The van der Waals surface area contributed by atoms with Gasteiger partial charge < -0.3 is 4.74 Å². The lowest BCUT2D eigenvalue weighted by Gasteiger charge is -2.18. The highest BCUT2D eigenvalue weighted by Gasteiger charge is 2.21. The molecule has 0 aliphatic rings. The molecule has 0 atom stereocenters. The number of carbonyl (C=O) groups is 1. The Morgan fingerprint density at radius 3 is 2.57 bits per heavy atom. The van der Waals surface area contributed by atoms with Crippen LogP contribution >= 0.6 is 0 Å². The first kappa shape index (κ1) is 14.7. The van der Waals surface area contributed by atoms with E-state index >= 15 is 0 Å². The summed E-state index contributed by atoms with van der Waals surface area (Å²) in [5.41, 5.74) is -0.00742. The highest BCUT2D eigenvalue weighted by Crippen LogP contribution is 2.27. The summed E-state index contributed by atoms with van der Waals surface area (Å²) in [4.78, 5) is 22.4. The zero-order valence-corrected chi connectivity index (χ0v) is 11.9. The summed E-state index contributed by atoms with van der Waals surface area (Å²) in [5.74, 6) is 0. The standard InChI is InChI=1S/C14H15N3O4/c1-14(2,3)21-13(18)16-9-8-11(15-16)10-6-4-5-7-12(10)17(19)20/h4-9H,1-3H3. The first-order valence-electron chi connectivity index (χ1n) is 6.31. The molecule has 1 heterocycles. The molecule has 1 aromatic carbocycles. The second-order valence-corrected chi connectivity index (χ2v) is 5.40. The van der Waals surface area contributed by atoms with Gasteiger partial charge in [-0.05, 0) is 32.9 Å². The first-order chi connectivity index (χ1) is 9.78. The predicted octanol–water partition coefficient (Wildman–Crippen LogP) is 3.24. The van der Waals surface area contributed by atoms with E-state index < -0.39 is 16.6 Å². The van der Waals surface area contributed by atoms with Gasteiger partial charge in [-0.3, -0.25) is 10.1 Å². The number of nitrogens with zero attached hydrogens (tertiary/aromatic N) is 3. The molecular weight excluding hydrogens is 274 g/mol. The van der Waals surface area contributed by atoms with Gasteiger partial charge in [-0.25, -0.2) is 4.79 Å². The van der Waals surface area contributed by atoms with Crippen molar-refractivity contribution in [3.63, 3.8) is 0 Å². The molecule has 0 saturated carbocycles. The summed E-state index contributed by atoms with van der Waals surface area (Å²) in [5, 5.41) is 15.0. The van der Waals surface area contributed by atoms with E-state index in [1.165, 1.54) is 18.3 Å². The highest BCUT2D eigenvalue weighted by molar-refractivity contribution is 5.74. The normalized spacial score (nSPS) is 11.2. The fraction of sp³-hybridized carbons (Fsp3) is 0.286. The summed E-state index contributed by atoms with van der Waals surface area (Å²) in [6.45, 7) is 5.24. The number of para-hydroxylation sites is 1. The van der Waals surface area contributed by atoms with E-state index in [2.05, 4.69) is 5.10 Å². The average molecular weight is 289 g/mol. The fourth-order valence-corrected chi connectivity index (χ4v) is 1.73. The van der Waals surface area contributed by atoms with Crippen LogP contribution in [0.5, 0.6) is 0 Å². The third-order valence-corrected chi connectivity index (χ3v) is 2.55. The Kier molecular flexibility index (Phi) is 3.75. The summed E-state index contributed by atoms with van der Waals surface area (Å²) in [7, 11) is 0. The van der Waals surface area contributed by atoms with Crippen LogP contribution in [0.4, 0.5) is 10.5 Å². The fourth-order valence-electron chi connectivity index (χ4n) is 1.73. The van der Waals surface area contributed by atoms with Crippen LogP contribution in [0.25, 0.3) is 11.3 Å². The maximum Gasteiger partial charge on any atom is 0.435 e. The number of carbonyl (C=O) groups excluding carboxylic acids is 1. The molecule has 0 fully saturated rings. The smallest absolute Gasteiger partial charge is 0.435 e. The Bertz CT molecular complexity index is 686. The summed E-state index contributed by atoms with van der Waals surface area (Å²) in [6.07, 6.45) is 0.785. The molecule has 110 valence electrons. The molecule has 0 aliphatic carbocycles. The van der Waals surface area contributed by atoms with Gasteiger partial charge >= 0.3 is 6.09 Å². The van der Waals surface area contributed by atoms with Gasteiger partial charge in [0.15, 0.2) is 0 Å². The van der Waals surface area contributed by atoms with Crippen molar-refractivity contribution in [1.82, 2.24) is 9.78 Å². The minimum atomic E-state index is -0.637. The molecule has 0 radical (unpaired) electrons. The molecule has 7 nitrogen and oxygen atoms in total. The van der Waals surface area contributed by atoms with E-state index in [-0.39, 0.29) is 5.69 Å². The van der Waals surface area contributed by atoms with Crippen LogP contribution in [0, 0.1) is 10.1 Å². The Morgan fingerprint density at radius 2 is 1.95 bits per heavy atom. The van der Waals surface area contributed by atoms with Gasteiger partial charge in [0.1, 0.15) is 5.60 Å². The molecular formula is C14H15N3O4. The van der Waals surface area contributed by atoms with E-state index in [1.54, 1.807) is 39.0 Å². The molecule has 0 saturated heterocycles. The quantitative estimate of drug-likeness (QED) is 0.625. The van der Waals surface area contributed by atoms with Crippen molar-refractivity contribution in [3.05, 3.63) is 46.6 Å². The van der Waals surface area contributed by atoms with Crippen LogP contribution in [0.3, 0.4) is 0 Å². The van der Waals surface area contributed by atoms with Gasteiger partial charge in [0.05, 0.1) is 16.2 Å². The van der Waals surface area contributed by atoms with Gasteiger partial charge in [0.2, 0.25) is 0 Å². The zero-order valence-electron chi connectivity index (χ0n) is 11.9. The first-order valence-corrected chi connectivity index (χ1v) is 6.31. The van der Waals surface area contributed by atoms with Gasteiger partial charge in [-0.2, -0.15) is 9.78 Å². The van der Waals surface area contributed by atoms with Gasteiger partial charge in [-0.15, -0.1) is 0 Å². The van der Waals surface area contributed by atoms with E-state index in [0.29, 0.717) is 11.3 Å². The second kappa shape index (κ2) is 5.35. The molecule has 2 aromatic rings. The SMILES string of the molecule is CC(C)(C)OC(=O)n1ccc(-c2ccccc2[N+](=O)[O-])n1. The minimum Gasteiger partial charge on any atom is -0.442 e. The molecule has 0 bridgehead atoms. The Hall–Kier alpha value is -2.70. The van der Waals surface area contributed by atoms with E-state index in [1.807, 2.05) is 0 Å². The van der Waals surface area contributed by atoms with E-state index in [4.69, 9.17) is 4.74 Å². The summed E-state index contributed by atoms with van der Waals surface area (Å²) >= 11 is 0. The van der Waals surface area contributed by atoms with Gasteiger partial charge in [0, 0.05) is 12.3 Å². The molecule has 0 spiro atoms. The largest absolute Gasteiger partial charge is 0.442 e. The van der Waals surface area contributed by atoms with Crippen molar-refractivity contribution in [2.24, 2.45) is 0 Å². The van der Waals surface area contributed by atoms with Crippen molar-refractivity contribution in [2.45, 2.75) is 26.4 Å². The lowest BCUT2D eigenvalue weighted by atomic mass is 10.1. The summed E-state index contributed by atoms with van der Waals surface area (Å²) < 4.78 is 6.20. The van der Waals surface area contributed by atoms with Gasteiger partial charge in [-0.1, -0.05) is 12.1 Å². The Morgan fingerprint density at radius 1 is 1.29 bits per heavy atom. The van der Waals surface area contributed by atoms with Crippen LogP contribution in [0.2, 0.25) is 0 Å². The monoisotopic (exact) mass is 289 g/mol. The number of nitro benzene ring substituents is 1. The van der Waals surface area contributed by atoms with Crippen LogP contribution in [0.1, 0.15) is 20.8 Å². The number of benzene rings is 1. The van der Waals surface area contributed by atoms with Crippen molar-refractivity contribution in [2.75, 3.05) is 0 Å². The lowest BCUT2D eigenvalue weighted by Crippen LogP contribution is -2.27. The molecule has 1 aromatic heterocycles. The van der Waals surface area contributed by atoms with Crippen LogP contribution in [-0.2, 0) is 4.74 Å². The second-order valence-electron chi connectivity index (χ2n) is 5.40. The maximum absolute atomic E-state index is 11.9. The van der Waals surface area contributed by atoms with Crippen molar-refractivity contribution >= 4 is 11.8 Å². The van der Waals surface area contributed by atoms with Crippen molar-refractivity contribution in [1.29, 1.82) is 0 Å². The Labute approximate surface area is 121 Å². The lowest BCUT2D eigenvalue weighted by molar-refractivity contribution is -0.384. The zero-order chi connectivity index (χ0) is 15.6. The van der Waals surface area contributed by atoms with Crippen LogP contribution < -0.4 is 0 Å². The van der Waals surface area contributed by atoms with Crippen LogP contribution in [-0.4, -0.2) is 26.4 Å².